The van der Waals surface area contributed by atoms with Gasteiger partial charge in [0.1, 0.15) is 12.3 Å². The zero-order chi connectivity index (χ0) is 18.6. The molecule has 0 aliphatic carbocycles. The van der Waals surface area contributed by atoms with Crippen LogP contribution in [0.5, 0.6) is 11.5 Å². The Balaban J connectivity index is 1.25. The van der Waals surface area contributed by atoms with Crippen molar-refractivity contribution in [3.63, 3.8) is 0 Å². The predicted octanol–water partition coefficient (Wildman–Crippen LogP) is 0.735. The first-order valence-electron chi connectivity index (χ1n) is 9.07. The molecule has 2 atom stereocenters. The SMILES string of the molecule is O=C1NCCC(NCCNC(=O)C2COc3ccccc3O2)c2cc[nH]c21. The number of hydrogen-bond donors (Lipinski definition) is 4. The number of rotatable bonds is 5. The van der Waals surface area contributed by atoms with Crippen molar-refractivity contribution in [1.29, 1.82) is 0 Å². The Hall–Kier alpha value is -3.00. The lowest BCUT2D eigenvalue weighted by atomic mass is 10.1. The Labute approximate surface area is 156 Å². The molecule has 2 amide bonds. The number of amides is 2. The maximum Gasteiger partial charge on any atom is 0.268 e. The number of benzene rings is 1. The molecular weight excluding hydrogens is 348 g/mol. The summed E-state index contributed by atoms with van der Waals surface area (Å²) in [6.45, 7) is 1.84. The molecule has 27 heavy (non-hydrogen) atoms. The van der Waals surface area contributed by atoms with E-state index in [4.69, 9.17) is 9.47 Å². The van der Waals surface area contributed by atoms with Gasteiger partial charge in [-0.05, 0) is 30.2 Å². The standard InChI is InChI=1S/C19H22N4O4/c24-18(16-11-26-14-3-1-2-4-15(14)27-16)23-10-9-20-13-6-8-22-19(25)17-12(13)5-7-21-17/h1-5,7,13,16,20-21H,6,8-11H2,(H,22,25)(H,23,24). The molecule has 0 saturated heterocycles. The molecule has 4 N–H and O–H groups in total. The van der Waals surface area contributed by atoms with Crippen LogP contribution in [0.2, 0.25) is 0 Å². The third-order valence-electron chi connectivity index (χ3n) is 4.72. The first-order valence-corrected chi connectivity index (χ1v) is 9.07. The van der Waals surface area contributed by atoms with E-state index in [0.717, 1.165) is 12.0 Å². The van der Waals surface area contributed by atoms with Crippen molar-refractivity contribution in [3.8, 4) is 11.5 Å². The second kappa shape index (κ2) is 7.71. The van der Waals surface area contributed by atoms with Gasteiger partial charge in [-0.25, -0.2) is 0 Å². The number of carbonyl (C=O) groups is 2. The van der Waals surface area contributed by atoms with Gasteiger partial charge in [0, 0.05) is 31.9 Å². The van der Waals surface area contributed by atoms with E-state index in [1.54, 1.807) is 12.3 Å². The molecule has 0 spiro atoms. The fourth-order valence-electron chi connectivity index (χ4n) is 3.35. The summed E-state index contributed by atoms with van der Waals surface area (Å²) >= 11 is 0. The maximum atomic E-state index is 12.3. The summed E-state index contributed by atoms with van der Waals surface area (Å²) in [5, 5.41) is 9.13. The highest BCUT2D eigenvalue weighted by molar-refractivity contribution is 5.94. The molecule has 3 heterocycles. The quantitative estimate of drug-likeness (QED) is 0.581. The van der Waals surface area contributed by atoms with Gasteiger partial charge in [0.05, 0.1) is 0 Å². The Bertz CT molecular complexity index is 835. The van der Waals surface area contributed by atoms with Crippen LogP contribution in [0.1, 0.15) is 28.5 Å². The molecule has 1 aromatic heterocycles. The Morgan fingerprint density at radius 3 is 2.93 bits per heavy atom. The molecule has 2 unspecified atom stereocenters. The van der Waals surface area contributed by atoms with E-state index in [0.29, 0.717) is 36.8 Å². The van der Waals surface area contributed by atoms with Crippen LogP contribution >= 0.6 is 0 Å². The van der Waals surface area contributed by atoms with Crippen LogP contribution in [-0.4, -0.2) is 49.1 Å². The van der Waals surface area contributed by atoms with Gasteiger partial charge in [-0.2, -0.15) is 0 Å². The third-order valence-corrected chi connectivity index (χ3v) is 4.72. The van der Waals surface area contributed by atoms with Crippen molar-refractivity contribution >= 4 is 11.8 Å². The molecule has 2 aliphatic rings. The van der Waals surface area contributed by atoms with Crippen LogP contribution in [0.3, 0.4) is 0 Å². The topological polar surface area (TPSA) is 104 Å². The number of carbonyl (C=O) groups excluding carboxylic acids is 2. The van der Waals surface area contributed by atoms with E-state index in [1.807, 2.05) is 24.3 Å². The van der Waals surface area contributed by atoms with Crippen LogP contribution in [0.4, 0.5) is 0 Å². The highest BCUT2D eigenvalue weighted by Gasteiger charge is 2.27. The summed E-state index contributed by atoms with van der Waals surface area (Å²) in [5.41, 5.74) is 1.55. The molecule has 2 aliphatic heterocycles. The first-order chi connectivity index (χ1) is 13.2. The number of aromatic nitrogens is 1. The predicted molar refractivity (Wildman–Crippen MR) is 97.8 cm³/mol. The lowest BCUT2D eigenvalue weighted by molar-refractivity contribution is -0.130. The molecule has 8 heteroatoms. The van der Waals surface area contributed by atoms with E-state index in [1.165, 1.54) is 0 Å². The van der Waals surface area contributed by atoms with Crippen LogP contribution < -0.4 is 25.4 Å². The largest absolute Gasteiger partial charge is 0.485 e. The zero-order valence-electron chi connectivity index (χ0n) is 14.8. The van der Waals surface area contributed by atoms with Crippen LogP contribution in [-0.2, 0) is 4.79 Å². The number of aromatic amines is 1. The third kappa shape index (κ3) is 3.75. The summed E-state index contributed by atoms with van der Waals surface area (Å²) in [7, 11) is 0. The molecule has 142 valence electrons. The van der Waals surface area contributed by atoms with Gasteiger partial charge in [-0.15, -0.1) is 0 Å². The monoisotopic (exact) mass is 370 g/mol. The molecule has 0 saturated carbocycles. The lowest BCUT2D eigenvalue weighted by Crippen LogP contribution is -2.45. The Morgan fingerprint density at radius 2 is 2.04 bits per heavy atom. The summed E-state index contributed by atoms with van der Waals surface area (Å²) in [6.07, 6.45) is 1.90. The molecule has 4 rings (SSSR count). The zero-order valence-corrected chi connectivity index (χ0v) is 14.8. The molecule has 8 nitrogen and oxygen atoms in total. The minimum atomic E-state index is -0.657. The van der Waals surface area contributed by atoms with Crippen molar-refractivity contribution in [2.45, 2.75) is 18.6 Å². The molecule has 2 aromatic rings. The highest BCUT2D eigenvalue weighted by Crippen LogP contribution is 2.30. The van der Waals surface area contributed by atoms with Crippen molar-refractivity contribution in [3.05, 3.63) is 47.8 Å². The van der Waals surface area contributed by atoms with Gasteiger partial charge >= 0.3 is 0 Å². The first kappa shape index (κ1) is 17.4. The molecule has 0 radical (unpaired) electrons. The van der Waals surface area contributed by atoms with Crippen molar-refractivity contribution in [2.24, 2.45) is 0 Å². The van der Waals surface area contributed by atoms with Gasteiger partial charge in [-0.3, -0.25) is 9.59 Å². The second-order valence-electron chi connectivity index (χ2n) is 6.51. The normalized spacial score (nSPS) is 21.0. The van der Waals surface area contributed by atoms with Crippen molar-refractivity contribution in [2.75, 3.05) is 26.2 Å². The minimum Gasteiger partial charge on any atom is -0.485 e. The number of H-pyrrole nitrogens is 1. The number of fused-ring (bicyclic) bond motifs is 2. The Kier molecular flexibility index (Phi) is 4.97. The Morgan fingerprint density at radius 1 is 1.19 bits per heavy atom. The minimum absolute atomic E-state index is 0.0586. The average Bonchev–Trinajstić information content (AvgIpc) is 3.13. The van der Waals surface area contributed by atoms with Gasteiger partial charge < -0.3 is 30.4 Å². The summed E-state index contributed by atoms with van der Waals surface area (Å²) in [5.74, 6) is 0.952. The van der Waals surface area contributed by atoms with Crippen LogP contribution in [0.25, 0.3) is 0 Å². The number of ether oxygens (including phenoxy) is 2. The van der Waals surface area contributed by atoms with Crippen molar-refractivity contribution < 1.29 is 19.1 Å². The molecule has 0 bridgehead atoms. The summed E-state index contributed by atoms with van der Waals surface area (Å²) < 4.78 is 11.3. The second-order valence-corrected chi connectivity index (χ2v) is 6.51. The number of nitrogens with one attached hydrogen (secondary N) is 4. The number of hydrogen-bond acceptors (Lipinski definition) is 5. The van der Waals surface area contributed by atoms with Crippen molar-refractivity contribution in [1.82, 2.24) is 20.9 Å². The van der Waals surface area contributed by atoms with Gasteiger partial charge in [0.2, 0.25) is 6.10 Å². The average molecular weight is 370 g/mol. The van der Waals surface area contributed by atoms with Crippen LogP contribution in [0, 0.1) is 0 Å². The van der Waals surface area contributed by atoms with Gasteiger partial charge in [0.25, 0.3) is 11.8 Å². The van der Waals surface area contributed by atoms with E-state index in [2.05, 4.69) is 20.9 Å². The van der Waals surface area contributed by atoms with E-state index < -0.39 is 6.10 Å². The highest BCUT2D eigenvalue weighted by atomic mass is 16.6. The molecular formula is C19H22N4O4. The van der Waals surface area contributed by atoms with Crippen LogP contribution in [0.15, 0.2) is 36.5 Å². The van der Waals surface area contributed by atoms with Gasteiger partial charge in [-0.1, -0.05) is 12.1 Å². The fraction of sp³-hybridized carbons (Fsp3) is 0.368. The lowest BCUT2D eigenvalue weighted by Gasteiger charge is -2.25. The van der Waals surface area contributed by atoms with E-state index in [-0.39, 0.29) is 24.5 Å². The van der Waals surface area contributed by atoms with E-state index >= 15 is 0 Å². The molecule has 0 fully saturated rings. The fourth-order valence-corrected chi connectivity index (χ4v) is 3.35. The van der Waals surface area contributed by atoms with E-state index in [9.17, 15) is 9.59 Å². The summed E-state index contributed by atoms with van der Waals surface area (Å²) in [4.78, 5) is 27.2. The number of para-hydroxylation sites is 2. The van der Waals surface area contributed by atoms with Gasteiger partial charge in [0.15, 0.2) is 11.5 Å². The summed E-state index contributed by atoms with van der Waals surface area (Å²) in [6, 6.07) is 9.28. The smallest absolute Gasteiger partial charge is 0.268 e. The molecule has 1 aromatic carbocycles. The maximum absolute atomic E-state index is 12.3.